The van der Waals surface area contributed by atoms with Gasteiger partial charge in [0.25, 0.3) is 0 Å². The topological polar surface area (TPSA) is 84.5 Å². The number of sulfonamides is 1. The highest BCUT2D eigenvalue weighted by Crippen LogP contribution is 2.31. The molecule has 0 bridgehead atoms. The van der Waals surface area contributed by atoms with Crippen LogP contribution in [0.5, 0.6) is 5.75 Å². The molecule has 0 aromatic heterocycles. The summed E-state index contributed by atoms with van der Waals surface area (Å²) in [5, 5.41) is 2.84. The van der Waals surface area contributed by atoms with Crippen LogP contribution < -0.4 is 14.8 Å². The van der Waals surface area contributed by atoms with E-state index in [0.29, 0.717) is 11.4 Å². The number of nitrogens with one attached hydrogen (secondary N) is 2. The maximum Gasteiger partial charge on any atom is 0.240 e. The van der Waals surface area contributed by atoms with Crippen LogP contribution in [0, 0.1) is 0 Å². The van der Waals surface area contributed by atoms with Crippen molar-refractivity contribution >= 4 is 21.6 Å². The van der Waals surface area contributed by atoms with Crippen LogP contribution in [0.1, 0.15) is 37.3 Å². The number of carbonyl (C=O) groups excluding carboxylic acids is 1. The molecule has 0 aliphatic rings. The SMILES string of the molecule is COc1ccc(S(=O)(=O)NC(C)C)cc1NC(=O)CC(c1ccccc1)c1ccccc1. The predicted octanol–water partition coefficient (Wildman–Crippen LogP) is 4.54. The third kappa shape index (κ3) is 5.96. The van der Waals surface area contributed by atoms with Crippen molar-refractivity contribution in [3.05, 3.63) is 90.0 Å². The molecule has 0 spiro atoms. The number of rotatable bonds is 9. The van der Waals surface area contributed by atoms with Crippen molar-refractivity contribution in [1.82, 2.24) is 4.72 Å². The van der Waals surface area contributed by atoms with Gasteiger partial charge in [-0.1, -0.05) is 60.7 Å². The van der Waals surface area contributed by atoms with Crippen LogP contribution in [-0.2, 0) is 14.8 Å². The van der Waals surface area contributed by atoms with E-state index in [1.165, 1.54) is 25.3 Å². The number of ether oxygens (including phenoxy) is 1. The van der Waals surface area contributed by atoms with Crippen molar-refractivity contribution in [2.45, 2.75) is 37.1 Å². The normalized spacial score (nSPS) is 11.5. The minimum absolute atomic E-state index is 0.0602. The van der Waals surface area contributed by atoms with Crippen LogP contribution in [0.2, 0.25) is 0 Å². The molecule has 0 atom stereocenters. The van der Waals surface area contributed by atoms with Gasteiger partial charge in [-0.15, -0.1) is 0 Å². The Kier molecular flexibility index (Phi) is 7.66. The standard InChI is InChI=1S/C25H28N2O4S/c1-18(2)27-32(29,30)21-14-15-24(31-3)23(16-21)26-25(28)17-22(19-10-6-4-7-11-19)20-12-8-5-9-13-20/h4-16,18,22,27H,17H2,1-3H3,(H,26,28). The molecular formula is C25H28N2O4S. The van der Waals surface area contributed by atoms with Gasteiger partial charge in [-0.05, 0) is 43.2 Å². The zero-order chi connectivity index (χ0) is 23.1. The van der Waals surface area contributed by atoms with Crippen LogP contribution in [0.4, 0.5) is 5.69 Å². The largest absolute Gasteiger partial charge is 0.495 e. The van der Waals surface area contributed by atoms with Crippen LogP contribution in [0.15, 0.2) is 83.8 Å². The van der Waals surface area contributed by atoms with Crippen molar-refractivity contribution in [3.63, 3.8) is 0 Å². The summed E-state index contributed by atoms with van der Waals surface area (Å²) < 4.78 is 33.0. The monoisotopic (exact) mass is 452 g/mol. The molecule has 3 aromatic rings. The molecule has 0 fully saturated rings. The maximum absolute atomic E-state index is 13.0. The lowest BCUT2D eigenvalue weighted by Crippen LogP contribution is -2.30. The van der Waals surface area contributed by atoms with Gasteiger partial charge in [-0.3, -0.25) is 4.79 Å². The number of benzene rings is 3. The smallest absolute Gasteiger partial charge is 0.240 e. The summed E-state index contributed by atoms with van der Waals surface area (Å²) in [6, 6.07) is 23.8. The predicted molar refractivity (Wildman–Crippen MR) is 126 cm³/mol. The molecule has 0 unspecified atom stereocenters. The minimum Gasteiger partial charge on any atom is -0.495 e. The van der Waals surface area contributed by atoms with E-state index in [-0.39, 0.29) is 29.2 Å². The van der Waals surface area contributed by atoms with Gasteiger partial charge in [0.2, 0.25) is 15.9 Å². The summed E-state index contributed by atoms with van der Waals surface area (Å²) in [6.07, 6.45) is 0.193. The summed E-state index contributed by atoms with van der Waals surface area (Å²) in [5.74, 6) is 0.00288. The van der Waals surface area contributed by atoms with Gasteiger partial charge in [0.1, 0.15) is 5.75 Å². The second-order valence-corrected chi connectivity index (χ2v) is 9.48. The van der Waals surface area contributed by atoms with E-state index in [2.05, 4.69) is 10.0 Å². The second kappa shape index (κ2) is 10.4. The van der Waals surface area contributed by atoms with Gasteiger partial charge in [-0.2, -0.15) is 0 Å². The zero-order valence-electron chi connectivity index (χ0n) is 18.4. The van der Waals surface area contributed by atoms with Crippen LogP contribution in [-0.4, -0.2) is 27.5 Å². The summed E-state index contributed by atoms with van der Waals surface area (Å²) in [6.45, 7) is 3.49. The summed E-state index contributed by atoms with van der Waals surface area (Å²) in [4.78, 5) is 13.1. The molecule has 6 nitrogen and oxygen atoms in total. The van der Waals surface area contributed by atoms with Crippen molar-refractivity contribution in [1.29, 1.82) is 0 Å². The molecule has 1 amide bonds. The molecule has 0 heterocycles. The third-order valence-corrected chi connectivity index (χ3v) is 6.60. The van der Waals surface area contributed by atoms with Crippen molar-refractivity contribution in [2.24, 2.45) is 0 Å². The first-order valence-electron chi connectivity index (χ1n) is 10.4. The molecule has 32 heavy (non-hydrogen) atoms. The molecule has 0 aliphatic carbocycles. The van der Waals surface area contributed by atoms with Crippen LogP contribution in [0.25, 0.3) is 0 Å². The van der Waals surface area contributed by atoms with E-state index in [1.807, 2.05) is 60.7 Å². The van der Waals surface area contributed by atoms with Gasteiger partial charge >= 0.3 is 0 Å². The Balaban J connectivity index is 1.87. The Labute approximate surface area is 189 Å². The lowest BCUT2D eigenvalue weighted by molar-refractivity contribution is -0.116. The molecule has 0 radical (unpaired) electrons. The molecule has 0 saturated heterocycles. The lowest BCUT2D eigenvalue weighted by Gasteiger charge is -2.19. The fourth-order valence-electron chi connectivity index (χ4n) is 3.52. The highest BCUT2D eigenvalue weighted by atomic mass is 32.2. The quantitative estimate of drug-likeness (QED) is 0.499. The molecular weight excluding hydrogens is 424 g/mol. The van der Waals surface area contributed by atoms with Crippen LogP contribution in [0.3, 0.4) is 0 Å². The molecule has 2 N–H and O–H groups in total. The summed E-state index contributed by atoms with van der Waals surface area (Å²) in [7, 11) is -2.23. The fraction of sp³-hybridized carbons (Fsp3) is 0.240. The number of amides is 1. The first-order chi connectivity index (χ1) is 15.3. The Morgan fingerprint density at radius 3 is 1.97 bits per heavy atom. The third-order valence-electron chi connectivity index (χ3n) is 4.94. The Morgan fingerprint density at radius 1 is 0.906 bits per heavy atom. The minimum atomic E-state index is -3.71. The molecule has 168 valence electrons. The Hall–Kier alpha value is -3.16. The number of methoxy groups -OCH3 is 1. The number of hydrogen-bond acceptors (Lipinski definition) is 4. The number of hydrogen-bond donors (Lipinski definition) is 2. The summed E-state index contributed by atoms with van der Waals surface area (Å²) >= 11 is 0. The maximum atomic E-state index is 13.0. The Morgan fingerprint density at radius 2 is 1.47 bits per heavy atom. The highest BCUT2D eigenvalue weighted by molar-refractivity contribution is 7.89. The van der Waals surface area contributed by atoms with E-state index >= 15 is 0 Å². The first-order valence-corrected chi connectivity index (χ1v) is 11.9. The van der Waals surface area contributed by atoms with E-state index in [4.69, 9.17) is 4.74 Å². The van der Waals surface area contributed by atoms with Crippen molar-refractivity contribution < 1.29 is 17.9 Å². The average Bonchev–Trinajstić information content (AvgIpc) is 2.78. The van der Waals surface area contributed by atoms with Gasteiger partial charge < -0.3 is 10.1 Å². The van der Waals surface area contributed by atoms with Gasteiger partial charge in [-0.25, -0.2) is 13.1 Å². The molecule has 0 saturated carbocycles. The lowest BCUT2D eigenvalue weighted by atomic mass is 9.88. The Bertz CT molecular complexity index is 1110. The van der Waals surface area contributed by atoms with Gasteiger partial charge in [0, 0.05) is 18.4 Å². The number of anilines is 1. The average molecular weight is 453 g/mol. The molecule has 3 aromatic carbocycles. The van der Waals surface area contributed by atoms with Crippen molar-refractivity contribution in [2.75, 3.05) is 12.4 Å². The van der Waals surface area contributed by atoms with E-state index < -0.39 is 10.0 Å². The molecule has 3 rings (SSSR count). The van der Waals surface area contributed by atoms with Crippen LogP contribution >= 0.6 is 0 Å². The highest BCUT2D eigenvalue weighted by Gasteiger charge is 2.21. The molecule has 0 aliphatic heterocycles. The first kappa shape index (κ1) is 23.5. The van der Waals surface area contributed by atoms with Crippen molar-refractivity contribution in [3.8, 4) is 5.75 Å². The summed E-state index contributed by atoms with van der Waals surface area (Å²) in [5.41, 5.74) is 2.36. The molecule has 7 heteroatoms. The van der Waals surface area contributed by atoms with Gasteiger partial charge in [0.05, 0.1) is 17.7 Å². The van der Waals surface area contributed by atoms with Gasteiger partial charge in [0.15, 0.2) is 0 Å². The van der Waals surface area contributed by atoms with E-state index in [0.717, 1.165) is 11.1 Å². The van der Waals surface area contributed by atoms with E-state index in [9.17, 15) is 13.2 Å². The second-order valence-electron chi connectivity index (χ2n) is 7.76. The van der Waals surface area contributed by atoms with E-state index in [1.54, 1.807) is 13.8 Å². The number of carbonyl (C=O) groups is 1. The fourth-order valence-corrected chi connectivity index (χ4v) is 4.79. The zero-order valence-corrected chi connectivity index (χ0v) is 19.2.